The second kappa shape index (κ2) is 3.09. The van der Waals surface area contributed by atoms with Gasteiger partial charge in [-0.1, -0.05) is 13.8 Å². The van der Waals surface area contributed by atoms with Gasteiger partial charge in [-0.2, -0.15) is 0 Å². The Morgan fingerprint density at radius 1 is 1.64 bits per heavy atom. The Bertz CT molecular complexity index is 263. The number of carbonyl (C=O) groups is 1. The quantitative estimate of drug-likeness (QED) is 0.643. The summed E-state index contributed by atoms with van der Waals surface area (Å²) in [6.07, 6.45) is 1.48. The predicted octanol–water partition coefficient (Wildman–Crippen LogP) is 2.78. The first-order valence-electron chi connectivity index (χ1n) is 3.40. The maximum absolute atomic E-state index is 10.7. The van der Waals surface area contributed by atoms with Crippen molar-refractivity contribution < 1.29 is 9.21 Å². The van der Waals surface area contributed by atoms with Crippen LogP contribution in [0, 0.1) is 0 Å². The van der Waals surface area contributed by atoms with Crippen molar-refractivity contribution in [2.24, 2.45) is 0 Å². The summed E-state index contributed by atoms with van der Waals surface area (Å²) in [4.78, 5) is 10.7. The van der Waals surface area contributed by atoms with E-state index in [1.807, 2.05) is 13.8 Å². The molecule has 1 aromatic rings. The van der Waals surface area contributed by atoms with Crippen molar-refractivity contribution in [1.29, 1.82) is 0 Å². The summed E-state index contributed by atoms with van der Waals surface area (Å²) in [6, 6.07) is 1.76. The molecule has 0 atom stereocenters. The number of halogens is 1. The average Bonchev–Trinajstić information content (AvgIpc) is 2.32. The summed E-state index contributed by atoms with van der Waals surface area (Å²) < 4.78 is 4.91. The molecule has 3 heteroatoms. The van der Waals surface area contributed by atoms with Gasteiger partial charge in [0.2, 0.25) is 0 Å². The van der Waals surface area contributed by atoms with Crippen LogP contribution in [0.5, 0.6) is 0 Å². The van der Waals surface area contributed by atoms with Crippen molar-refractivity contribution in [3.63, 3.8) is 0 Å². The first kappa shape index (κ1) is 8.34. The van der Waals surface area contributed by atoms with Crippen LogP contribution in [0.3, 0.4) is 0 Å². The van der Waals surface area contributed by atoms with E-state index in [-0.39, 0.29) is 11.7 Å². The molecule has 0 unspecified atom stereocenters. The number of rotatable bonds is 2. The lowest BCUT2D eigenvalue weighted by Crippen LogP contribution is -1.94. The first-order chi connectivity index (χ1) is 5.13. The van der Waals surface area contributed by atoms with Gasteiger partial charge in [0.25, 0.3) is 5.24 Å². The molecule has 0 aromatic carbocycles. The van der Waals surface area contributed by atoms with Crippen molar-refractivity contribution in [3.8, 4) is 0 Å². The number of hydrogen-bond donors (Lipinski definition) is 0. The highest BCUT2D eigenvalue weighted by molar-refractivity contribution is 6.67. The third-order valence-corrected chi connectivity index (χ3v) is 1.67. The SMILES string of the molecule is CC(C)c1ccoc1C(=O)Cl. The number of carbonyl (C=O) groups excluding carboxylic acids is 1. The molecule has 1 rings (SSSR count). The molecule has 1 aromatic heterocycles. The lowest BCUT2D eigenvalue weighted by Gasteiger charge is -2.00. The largest absolute Gasteiger partial charge is 0.460 e. The van der Waals surface area contributed by atoms with Crippen LogP contribution in [-0.4, -0.2) is 5.24 Å². The second-order valence-electron chi connectivity index (χ2n) is 2.63. The first-order valence-corrected chi connectivity index (χ1v) is 3.78. The molecule has 0 bridgehead atoms. The molecule has 11 heavy (non-hydrogen) atoms. The Morgan fingerprint density at radius 3 is 2.64 bits per heavy atom. The summed E-state index contributed by atoms with van der Waals surface area (Å²) in [5.74, 6) is 0.535. The Morgan fingerprint density at radius 2 is 2.27 bits per heavy atom. The van der Waals surface area contributed by atoms with Crippen LogP contribution in [0.2, 0.25) is 0 Å². The molecule has 0 aliphatic heterocycles. The van der Waals surface area contributed by atoms with Crippen molar-refractivity contribution in [2.45, 2.75) is 19.8 Å². The molecule has 0 saturated heterocycles. The molecule has 0 radical (unpaired) electrons. The van der Waals surface area contributed by atoms with Crippen molar-refractivity contribution in [3.05, 3.63) is 23.7 Å². The summed E-state index contributed by atoms with van der Waals surface area (Å²) in [7, 11) is 0. The predicted molar refractivity (Wildman–Crippen MR) is 43.0 cm³/mol. The number of furan rings is 1. The third-order valence-electron chi connectivity index (χ3n) is 1.50. The van der Waals surface area contributed by atoms with Crippen LogP contribution >= 0.6 is 11.6 Å². The van der Waals surface area contributed by atoms with Crippen LogP contribution in [0.25, 0.3) is 0 Å². The highest BCUT2D eigenvalue weighted by Crippen LogP contribution is 2.21. The van der Waals surface area contributed by atoms with E-state index in [1.54, 1.807) is 6.07 Å². The molecule has 0 saturated carbocycles. The van der Waals surface area contributed by atoms with E-state index < -0.39 is 5.24 Å². The Balaban J connectivity index is 3.06. The van der Waals surface area contributed by atoms with Gasteiger partial charge in [0.1, 0.15) is 0 Å². The van der Waals surface area contributed by atoms with Crippen LogP contribution < -0.4 is 0 Å². The van der Waals surface area contributed by atoms with Gasteiger partial charge < -0.3 is 4.42 Å². The van der Waals surface area contributed by atoms with E-state index in [0.29, 0.717) is 0 Å². The molecule has 0 aliphatic rings. The maximum Gasteiger partial charge on any atom is 0.288 e. The van der Waals surface area contributed by atoms with Crippen LogP contribution in [-0.2, 0) is 0 Å². The van der Waals surface area contributed by atoms with Gasteiger partial charge >= 0.3 is 0 Å². The van der Waals surface area contributed by atoms with Gasteiger partial charge in [-0.15, -0.1) is 0 Å². The topological polar surface area (TPSA) is 30.2 Å². The van der Waals surface area contributed by atoms with Gasteiger partial charge in [0.05, 0.1) is 6.26 Å². The molecule has 0 fully saturated rings. The van der Waals surface area contributed by atoms with Crippen LogP contribution in [0.4, 0.5) is 0 Å². The lowest BCUT2D eigenvalue weighted by molar-refractivity contribution is 0.105. The van der Waals surface area contributed by atoms with Gasteiger partial charge in [-0.25, -0.2) is 0 Å². The molecule has 60 valence electrons. The van der Waals surface area contributed by atoms with Crippen LogP contribution in [0.1, 0.15) is 35.9 Å². The molecule has 0 N–H and O–H groups in total. The van der Waals surface area contributed by atoms with E-state index in [4.69, 9.17) is 16.0 Å². The maximum atomic E-state index is 10.7. The fourth-order valence-corrected chi connectivity index (χ4v) is 1.09. The minimum absolute atomic E-state index is 0.265. The Kier molecular flexibility index (Phi) is 2.35. The lowest BCUT2D eigenvalue weighted by atomic mass is 10.1. The molecular formula is C8H9ClO2. The fourth-order valence-electron chi connectivity index (χ4n) is 0.934. The van der Waals surface area contributed by atoms with Gasteiger partial charge in [0, 0.05) is 5.56 Å². The molecular weight excluding hydrogens is 164 g/mol. The minimum Gasteiger partial charge on any atom is -0.460 e. The Hall–Kier alpha value is -0.760. The zero-order chi connectivity index (χ0) is 8.43. The normalized spacial score (nSPS) is 10.5. The van der Waals surface area contributed by atoms with Crippen LogP contribution in [0.15, 0.2) is 16.7 Å². The standard InChI is InChI=1S/C8H9ClO2/c1-5(2)6-3-4-11-7(6)8(9)10/h3-5H,1-2H3. The second-order valence-corrected chi connectivity index (χ2v) is 2.98. The van der Waals surface area contributed by atoms with Crippen molar-refractivity contribution in [1.82, 2.24) is 0 Å². The molecule has 1 heterocycles. The summed E-state index contributed by atoms with van der Waals surface area (Å²) >= 11 is 5.26. The average molecular weight is 173 g/mol. The molecule has 2 nitrogen and oxygen atoms in total. The summed E-state index contributed by atoms with van der Waals surface area (Å²) in [6.45, 7) is 3.96. The Labute approximate surface area is 70.2 Å². The zero-order valence-corrected chi connectivity index (χ0v) is 7.18. The van der Waals surface area contributed by atoms with E-state index in [9.17, 15) is 4.79 Å². The van der Waals surface area contributed by atoms with E-state index in [0.717, 1.165) is 5.56 Å². The number of hydrogen-bond acceptors (Lipinski definition) is 2. The monoisotopic (exact) mass is 172 g/mol. The van der Waals surface area contributed by atoms with E-state index >= 15 is 0 Å². The summed E-state index contributed by atoms with van der Waals surface area (Å²) in [5, 5.41) is -0.529. The molecule has 0 spiro atoms. The van der Waals surface area contributed by atoms with Gasteiger partial charge in [-0.3, -0.25) is 4.79 Å². The highest BCUT2D eigenvalue weighted by atomic mass is 35.5. The molecule has 0 aliphatic carbocycles. The van der Waals surface area contributed by atoms with Gasteiger partial charge in [0.15, 0.2) is 5.76 Å². The minimum atomic E-state index is -0.529. The third kappa shape index (κ3) is 1.63. The van der Waals surface area contributed by atoms with Crippen molar-refractivity contribution >= 4 is 16.8 Å². The molecule has 0 amide bonds. The van der Waals surface area contributed by atoms with Crippen molar-refractivity contribution in [2.75, 3.05) is 0 Å². The summed E-state index contributed by atoms with van der Waals surface area (Å²) in [5.41, 5.74) is 0.866. The van der Waals surface area contributed by atoms with Gasteiger partial charge in [-0.05, 0) is 23.6 Å². The zero-order valence-electron chi connectivity index (χ0n) is 6.43. The fraction of sp³-hybridized carbons (Fsp3) is 0.375. The highest BCUT2D eigenvalue weighted by Gasteiger charge is 2.14. The van der Waals surface area contributed by atoms with E-state index in [2.05, 4.69) is 0 Å². The smallest absolute Gasteiger partial charge is 0.288 e. The van der Waals surface area contributed by atoms with E-state index in [1.165, 1.54) is 6.26 Å².